The van der Waals surface area contributed by atoms with Crippen LogP contribution in [-0.4, -0.2) is 134 Å². The molecule has 0 radical (unpaired) electrons. The van der Waals surface area contributed by atoms with Crippen LogP contribution in [0, 0.1) is 0 Å². The largest absolute Gasteiger partial charge is 0.482 e. The fourth-order valence-corrected chi connectivity index (χ4v) is 8.85. The van der Waals surface area contributed by atoms with E-state index in [1.807, 2.05) is 95.9 Å². The standard InChI is InChI=1S/C63H80N8O14/c1-63(2,3)85-62(78)66-28-17-16-24-49(67-58(74)52-27-33-71(38-41-81-6)61(77)55(52)84-45-48-22-14-9-15-23-48)42-68(34-29-64-56(72)50-25-31-69(36-39-79-4)59(75)53(50)82-43-46-18-10-7-11-19-46)35-30-65-57(73)51-26-32-70(37-40-80-5)60(76)54(51)83-44-47-20-12-8-13-21-47/h7-15,18-23,25-27,31-33,49H,16-17,24,28-30,34-45H2,1-6H3,(H,64,72)(H,65,73)(H,66,78)(H,67,74). The molecule has 0 saturated carbocycles. The minimum atomic E-state index is -0.702. The van der Waals surface area contributed by atoms with E-state index in [0.717, 1.165) is 16.7 Å². The van der Waals surface area contributed by atoms with E-state index in [0.29, 0.717) is 19.3 Å². The molecular weight excluding hydrogens is 1090 g/mol. The lowest BCUT2D eigenvalue weighted by atomic mass is 10.1. The Hall–Kier alpha value is -8.57. The Morgan fingerprint density at radius 2 is 0.871 bits per heavy atom. The van der Waals surface area contributed by atoms with Gasteiger partial charge in [-0.1, -0.05) is 91.0 Å². The molecule has 85 heavy (non-hydrogen) atoms. The number of aromatic nitrogens is 3. The Balaban J connectivity index is 1.29. The smallest absolute Gasteiger partial charge is 0.407 e. The molecular formula is C63H80N8O14. The zero-order valence-corrected chi connectivity index (χ0v) is 49.4. The van der Waals surface area contributed by atoms with Crippen LogP contribution in [0.3, 0.4) is 0 Å². The summed E-state index contributed by atoms with van der Waals surface area (Å²) in [6.45, 7) is 7.51. The van der Waals surface area contributed by atoms with Crippen LogP contribution < -0.4 is 52.2 Å². The van der Waals surface area contributed by atoms with Crippen LogP contribution in [0.25, 0.3) is 0 Å². The third kappa shape index (κ3) is 21.2. The molecule has 6 rings (SSSR count). The van der Waals surface area contributed by atoms with Crippen molar-refractivity contribution in [1.29, 1.82) is 0 Å². The fourth-order valence-electron chi connectivity index (χ4n) is 8.85. The molecule has 0 aliphatic rings. The summed E-state index contributed by atoms with van der Waals surface area (Å²) in [5, 5.41) is 11.8. The first-order chi connectivity index (χ1) is 41.1. The summed E-state index contributed by atoms with van der Waals surface area (Å²) in [6, 6.07) is 31.6. The first-order valence-electron chi connectivity index (χ1n) is 28.3. The van der Waals surface area contributed by atoms with E-state index < -0.39 is 52.1 Å². The molecule has 0 fully saturated rings. The summed E-state index contributed by atoms with van der Waals surface area (Å²) in [4.78, 5) is 99.3. The lowest BCUT2D eigenvalue weighted by Crippen LogP contribution is -2.48. The Morgan fingerprint density at radius 1 is 0.494 bits per heavy atom. The number of benzene rings is 3. The fraction of sp³-hybridized carbons (Fsp3) is 0.413. The number of nitrogens with zero attached hydrogens (tertiary/aromatic N) is 4. The topological polar surface area (TPSA) is 250 Å². The number of carbonyl (C=O) groups is 4. The van der Waals surface area contributed by atoms with E-state index in [2.05, 4.69) is 21.3 Å². The van der Waals surface area contributed by atoms with Gasteiger partial charge in [-0.25, -0.2) is 4.79 Å². The second-order valence-corrected chi connectivity index (χ2v) is 20.9. The number of methoxy groups -OCH3 is 3. The van der Waals surface area contributed by atoms with Crippen LogP contribution in [0.1, 0.15) is 87.8 Å². The summed E-state index contributed by atoms with van der Waals surface area (Å²) >= 11 is 0. The number of pyridine rings is 3. The van der Waals surface area contributed by atoms with E-state index >= 15 is 0 Å². The molecule has 1 unspecified atom stereocenters. The lowest BCUT2D eigenvalue weighted by molar-refractivity contribution is 0.0526. The van der Waals surface area contributed by atoms with Gasteiger partial charge in [-0.3, -0.25) is 33.7 Å². The molecule has 0 aliphatic carbocycles. The number of rotatable bonds is 35. The molecule has 0 aliphatic heterocycles. The van der Waals surface area contributed by atoms with Gasteiger partial charge in [0, 0.05) is 105 Å². The summed E-state index contributed by atoms with van der Waals surface area (Å²) in [7, 11) is 4.57. The summed E-state index contributed by atoms with van der Waals surface area (Å²) in [6.07, 6.45) is 5.33. The predicted molar refractivity (Wildman–Crippen MR) is 321 cm³/mol. The van der Waals surface area contributed by atoms with Crippen LogP contribution >= 0.6 is 0 Å². The van der Waals surface area contributed by atoms with Crippen LogP contribution in [0.15, 0.2) is 142 Å². The van der Waals surface area contributed by atoms with Crippen LogP contribution in [0.5, 0.6) is 17.2 Å². The van der Waals surface area contributed by atoms with Crippen LogP contribution in [0.4, 0.5) is 4.79 Å². The minimum absolute atomic E-state index is 0.00105. The molecule has 3 aromatic heterocycles. The van der Waals surface area contributed by atoms with Gasteiger partial charge in [0.25, 0.3) is 34.4 Å². The van der Waals surface area contributed by atoms with E-state index in [9.17, 15) is 33.6 Å². The van der Waals surface area contributed by atoms with E-state index in [4.69, 9.17) is 33.2 Å². The number of ether oxygens (including phenoxy) is 7. The van der Waals surface area contributed by atoms with Gasteiger partial charge in [-0.15, -0.1) is 0 Å². The van der Waals surface area contributed by atoms with Gasteiger partial charge in [-0.2, -0.15) is 0 Å². The summed E-state index contributed by atoms with van der Waals surface area (Å²) < 4.78 is 43.7. The predicted octanol–water partition coefficient (Wildman–Crippen LogP) is 5.80. The normalized spacial score (nSPS) is 11.6. The second kappa shape index (κ2) is 34.3. The first kappa shape index (κ1) is 65.6. The van der Waals surface area contributed by atoms with Crippen molar-refractivity contribution >= 4 is 23.8 Å². The van der Waals surface area contributed by atoms with Gasteiger partial charge < -0.3 is 68.1 Å². The third-order valence-corrected chi connectivity index (χ3v) is 13.3. The molecule has 4 N–H and O–H groups in total. The average Bonchev–Trinajstić information content (AvgIpc) is 3.70. The van der Waals surface area contributed by atoms with Gasteiger partial charge in [0.15, 0.2) is 17.2 Å². The number of carbonyl (C=O) groups excluding carboxylic acids is 4. The number of alkyl carbamates (subject to hydrolysis) is 1. The van der Waals surface area contributed by atoms with Crippen molar-refractivity contribution in [2.75, 3.05) is 80.4 Å². The number of hydrogen-bond donors (Lipinski definition) is 4. The first-order valence-corrected chi connectivity index (χ1v) is 28.3. The molecule has 6 aromatic rings. The Kier molecular flexibility index (Phi) is 26.4. The number of unbranched alkanes of at least 4 members (excludes halogenated alkanes) is 1. The van der Waals surface area contributed by atoms with E-state index in [1.54, 1.807) is 20.8 Å². The van der Waals surface area contributed by atoms with Crippen molar-refractivity contribution in [1.82, 2.24) is 39.9 Å². The minimum Gasteiger partial charge on any atom is -0.482 e. The van der Waals surface area contributed by atoms with Crippen molar-refractivity contribution in [3.05, 3.63) is 192 Å². The third-order valence-electron chi connectivity index (χ3n) is 13.3. The maximum Gasteiger partial charge on any atom is 0.407 e. The average molecular weight is 1170 g/mol. The van der Waals surface area contributed by atoms with Gasteiger partial charge in [0.1, 0.15) is 25.4 Å². The molecule has 1 atom stereocenters. The maximum absolute atomic E-state index is 14.7. The molecule has 0 spiro atoms. The highest BCUT2D eigenvalue weighted by atomic mass is 16.6. The Labute approximate surface area is 495 Å². The molecule has 0 saturated heterocycles. The van der Waals surface area contributed by atoms with Gasteiger partial charge in [0.05, 0.1) is 36.5 Å². The number of nitrogens with one attached hydrogen (secondary N) is 4. The van der Waals surface area contributed by atoms with Crippen LogP contribution in [-0.2, 0) is 58.4 Å². The second-order valence-electron chi connectivity index (χ2n) is 20.9. The van der Waals surface area contributed by atoms with Crippen molar-refractivity contribution in [2.45, 2.75) is 91.1 Å². The molecule has 456 valence electrons. The monoisotopic (exact) mass is 1170 g/mol. The molecule has 3 heterocycles. The zero-order valence-electron chi connectivity index (χ0n) is 49.4. The Morgan fingerprint density at radius 3 is 1.24 bits per heavy atom. The van der Waals surface area contributed by atoms with Crippen molar-refractivity contribution in [3.8, 4) is 17.2 Å². The van der Waals surface area contributed by atoms with E-state index in [-0.39, 0.29) is 132 Å². The highest BCUT2D eigenvalue weighted by molar-refractivity contribution is 5.98. The van der Waals surface area contributed by atoms with Gasteiger partial charge in [-0.05, 0) is 74.9 Å². The maximum atomic E-state index is 14.7. The number of amides is 4. The molecule has 22 heteroatoms. The quantitative estimate of drug-likeness (QED) is 0.0343. The van der Waals surface area contributed by atoms with Crippen molar-refractivity contribution in [3.63, 3.8) is 0 Å². The SMILES string of the molecule is COCCn1ccc(C(=O)NCCN(CCNC(=O)c2ccn(CCOC)c(=O)c2OCc2ccccc2)CC(CCCCNC(=O)OC(C)(C)C)NC(=O)c2ccn(CCOC)c(=O)c2OCc2ccccc2)c(OCc2ccccc2)c1=O. The molecule has 22 nitrogen and oxygen atoms in total. The van der Waals surface area contributed by atoms with Crippen molar-refractivity contribution in [2.24, 2.45) is 0 Å². The molecule has 4 amide bonds. The highest BCUT2D eigenvalue weighted by Gasteiger charge is 2.26. The van der Waals surface area contributed by atoms with Gasteiger partial charge in [0.2, 0.25) is 0 Å². The molecule has 3 aromatic carbocycles. The zero-order chi connectivity index (χ0) is 61.0. The number of hydrogen-bond acceptors (Lipinski definition) is 15. The van der Waals surface area contributed by atoms with Crippen molar-refractivity contribution < 1.29 is 52.3 Å². The summed E-state index contributed by atoms with van der Waals surface area (Å²) in [5.74, 6) is -2.19. The van der Waals surface area contributed by atoms with Gasteiger partial charge >= 0.3 is 6.09 Å². The molecule has 0 bridgehead atoms. The van der Waals surface area contributed by atoms with Crippen LogP contribution in [0.2, 0.25) is 0 Å². The highest BCUT2D eigenvalue weighted by Crippen LogP contribution is 2.20. The van der Waals surface area contributed by atoms with E-state index in [1.165, 1.54) is 71.8 Å². The Bertz CT molecular complexity index is 3130. The lowest BCUT2D eigenvalue weighted by Gasteiger charge is -2.29. The summed E-state index contributed by atoms with van der Waals surface area (Å²) in [5.41, 5.74) is 0.124.